The van der Waals surface area contributed by atoms with Gasteiger partial charge in [-0.3, -0.25) is 4.79 Å². The molecule has 1 aromatic carbocycles. The van der Waals surface area contributed by atoms with E-state index in [9.17, 15) is 13.6 Å². The molecule has 0 aliphatic carbocycles. The average Bonchev–Trinajstić information content (AvgIpc) is 2.63. The van der Waals surface area contributed by atoms with Crippen LogP contribution in [0.5, 0.6) is 0 Å². The topological polar surface area (TPSA) is 23.6 Å². The summed E-state index contributed by atoms with van der Waals surface area (Å²) in [5.74, 6) is -0.899. The molecule has 5 heteroatoms. The first-order valence-corrected chi connectivity index (χ1v) is 9.47. The quantitative estimate of drug-likeness (QED) is 0.709. The second-order valence-corrected chi connectivity index (χ2v) is 6.91. The van der Waals surface area contributed by atoms with Gasteiger partial charge in [-0.25, -0.2) is 8.78 Å². The third kappa shape index (κ3) is 6.07. The Morgan fingerprint density at radius 1 is 1.24 bits per heavy atom. The molecule has 1 fully saturated rings. The fraction of sp³-hybridized carbons (Fsp3) is 0.650. The second-order valence-electron chi connectivity index (χ2n) is 6.91. The first kappa shape index (κ1) is 19.8. The number of rotatable bonds is 8. The van der Waals surface area contributed by atoms with E-state index in [1.165, 1.54) is 12.1 Å². The SMILES string of the molecule is CCN(CC)CCC(=O)N1CCCC(CCc2ccc(F)c(F)c2)C1. The van der Waals surface area contributed by atoms with Gasteiger partial charge in [0, 0.05) is 26.1 Å². The van der Waals surface area contributed by atoms with Crippen molar-refractivity contribution in [2.75, 3.05) is 32.7 Å². The van der Waals surface area contributed by atoms with E-state index in [4.69, 9.17) is 0 Å². The summed E-state index contributed by atoms with van der Waals surface area (Å²) in [7, 11) is 0. The van der Waals surface area contributed by atoms with E-state index in [0.29, 0.717) is 12.3 Å². The van der Waals surface area contributed by atoms with Crippen LogP contribution in [0.4, 0.5) is 8.78 Å². The van der Waals surface area contributed by atoms with Crippen LogP contribution in [0.25, 0.3) is 0 Å². The van der Waals surface area contributed by atoms with Crippen LogP contribution in [0.3, 0.4) is 0 Å². The normalized spacial score (nSPS) is 18.0. The van der Waals surface area contributed by atoms with E-state index in [1.807, 2.05) is 4.90 Å². The molecule has 0 spiro atoms. The standard InChI is InChI=1S/C20H30F2N2O/c1-3-23(4-2)13-11-20(25)24-12-5-6-17(15-24)8-7-16-9-10-18(21)19(22)14-16/h9-10,14,17H,3-8,11-13,15H2,1-2H3. The molecule has 0 N–H and O–H groups in total. The molecule has 1 aliphatic heterocycles. The summed E-state index contributed by atoms with van der Waals surface area (Å²) in [6, 6.07) is 4.12. The molecule has 25 heavy (non-hydrogen) atoms. The van der Waals surface area contributed by atoms with Crippen LogP contribution in [-0.2, 0) is 11.2 Å². The highest BCUT2D eigenvalue weighted by Crippen LogP contribution is 2.22. The molecule has 2 rings (SSSR count). The highest BCUT2D eigenvalue weighted by Gasteiger charge is 2.23. The lowest BCUT2D eigenvalue weighted by atomic mass is 9.91. The summed E-state index contributed by atoms with van der Waals surface area (Å²) >= 11 is 0. The molecule has 0 bridgehead atoms. The van der Waals surface area contributed by atoms with Crippen LogP contribution >= 0.6 is 0 Å². The van der Waals surface area contributed by atoms with E-state index in [1.54, 1.807) is 6.07 Å². The lowest BCUT2D eigenvalue weighted by Crippen LogP contribution is -2.41. The second kappa shape index (κ2) is 9.85. The number of piperidine rings is 1. The van der Waals surface area contributed by atoms with Gasteiger partial charge in [0.25, 0.3) is 0 Å². The minimum atomic E-state index is -0.800. The van der Waals surface area contributed by atoms with Gasteiger partial charge in [-0.2, -0.15) is 0 Å². The Morgan fingerprint density at radius 3 is 2.68 bits per heavy atom. The van der Waals surface area contributed by atoms with Gasteiger partial charge in [-0.05, 0) is 62.4 Å². The van der Waals surface area contributed by atoms with Gasteiger partial charge in [-0.1, -0.05) is 19.9 Å². The van der Waals surface area contributed by atoms with Crippen LogP contribution in [0.1, 0.15) is 45.1 Å². The minimum Gasteiger partial charge on any atom is -0.342 e. The summed E-state index contributed by atoms with van der Waals surface area (Å²) in [5, 5.41) is 0. The predicted molar refractivity (Wildman–Crippen MR) is 96.4 cm³/mol. The van der Waals surface area contributed by atoms with E-state index in [2.05, 4.69) is 18.7 Å². The molecule has 3 nitrogen and oxygen atoms in total. The Labute approximate surface area is 150 Å². The van der Waals surface area contributed by atoms with Gasteiger partial charge in [0.2, 0.25) is 5.91 Å². The van der Waals surface area contributed by atoms with Crippen LogP contribution < -0.4 is 0 Å². The van der Waals surface area contributed by atoms with Crippen molar-refractivity contribution in [3.63, 3.8) is 0 Å². The van der Waals surface area contributed by atoms with Gasteiger partial charge in [0.15, 0.2) is 11.6 Å². The zero-order chi connectivity index (χ0) is 18.2. The molecule has 1 unspecified atom stereocenters. The zero-order valence-electron chi connectivity index (χ0n) is 15.4. The Balaban J connectivity index is 1.79. The van der Waals surface area contributed by atoms with Gasteiger partial charge in [0.05, 0.1) is 0 Å². The monoisotopic (exact) mass is 352 g/mol. The highest BCUT2D eigenvalue weighted by molar-refractivity contribution is 5.76. The van der Waals surface area contributed by atoms with Gasteiger partial charge in [-0.15, -0.1) is 0 Å². The van der Waals surface area contributed by atoms with Crippen molar-refractivity contribution in [1.82, 2.24) is 9.80 Å². The van der Waals surface area contributed by atoms with Crippen molar-refractivity contribution in [2.45, 2.75) is 46.0 Å². The Hall–Kier alpha value is -1.49. The molecule has 1 saturated heterocycles. The molecule has 0 saturated carbocycles. The average molecular weight is 352 g/mol. The number of nitrogens with zero attached hydrogens (tertiary/aromatic N) is 2. The van der Waals surface area contributed by atoms with E-state index in [0.717, 1.165) is 64.0 Å². The number of hydrogen-bond donors (Lipinski definition) is 0. The number of aryl methyl sites for hydroxylation is 1. The largest absolute Gasteiger partial charge is 0.342 e. The van der Waals surface area contributed by atoms with Crippen molar-refractivity contribution in [2.24, 2.45) is 5.92 Å². The number of likely N-dealkylation sites (tertiary alicyclic amines) is 1. The molecule has 140 valence electrons. The van der Waals surface area contributed by atoms with Crippen molar-refractivity contribution >= 4 is 5.91 Å². The summed E-state index contributed by atoms with van der Waals surface area (Å²) in [4.78, 5) is 16.7. The maximum atomic E-state index is 13.3. The lowest BCUT2D eigenvalue weighted by molar-refractivity contribution is -0.133. The fourth-order valence-corrected chi connectivity index (χ4v) is 3.54. The van der Waals surface area contributed by atoms with Crippen LogP contribution in [0.15, 0.2) is 18.2 Å². The number of benzene rings is 1. The molecule has 1 aromatic rings. The third-order valence-electron chi connectivity index (χ3n) is 5.23. The van der Waals surface area contributed by atoms with Crippen molar-refractivity contribution < 1.29 is 13.6 Å². The summed E-state index contributed by atoms with van der Waals surface area (Å²) < 4.78 is 26.3. The van der Waals surface area contributed by atoms with E-state index >= 15 is 0 Å². The van der Waals surface area contributed by atoms with Gasteiger partial charge < -0.3 is 9.80 Å². The molecular formula is C20H30F2N2O. The summed E-state index contributed by atoms with van der Waals surface area (Å²) in [6.45, 7) is 8.63. The van der Waals surface area contributed by atoms with E-state index in [-0.39, 0.29) is 5.91 Å². The summed E-state index contributed by atoms with van der Waals surface area (Å²) in [5.41, 5.74) is 0.823. The third-order valence-corrected chi connectivity index (χ3v) is 5.23. The Bertz CT molecular complexity index is 561. The molecule has 1 amide bonds. The van der Waals surface area contributed by atoms with Crippen LogP contribution in [0, 0.1) is 17.6 Å². The maximum Gasteiger partial charge on any atom is 0.223 e. The minimum absolute atomic E-state index is 0.240. The van der Waals surface area contributed by atoms with Gasteiger partial charge in [0.1, 0.15) is 0 Å². The number of halogens is 2. The number of carbonyl (C=O) groups is 1. The number of amides is 1. The summed E-state index contributed by atoms with van der Waals surface area (Å²) in [6.07, 6.45) is 4.34. The lowest BCUT2D eigenvalue weighted by Gasteiger charge is -2.33. The molecule has 0 radical (unpaired) electrons. The first-order valence-electron chi connectivity index (χ1n) is 9.47. The zero-order valence-corrected chi connectivity index (χ0v) is 15.4. The fourth-order valence-electron chi connectivity index (χ4n) is 3.54. The van der Waals surface area contributed by atoms with Crippen molar-refractivity contribution in [3.05, 3.63) is 35.4 Å². The first-order chi connectivity index (χ1) is 12.0. The number of carbonyl (C=O) groups excluding carboxylic acids is 1. The Morgan fingerprint density at radius 2 is 2.00 bits per heavy atom. The van der Waals surface area contributed by atoms with Crippen molar-refractivity contribution in [3.8, 4) is 0 Å². The highest BCUT2D eigenvalue weighted by atomic mass is 19.2. The smallest absolute Gasteiger partial charge is 0.223 e. The Kier molecular flexibility index (Phi) is 7.82. The predicted octanol–water partition coefficient (Wildman–Crippen LogP) is 3.87. The molecular weight excluding hydrogens is 322 g/mol. The molecule has 1 heterocycles. The number of hydrogen-bond acceptors (Lipinski definition) is 2. The molecule has 1 aliphatic rings. The van der Waals surface area contributed by atoms with Crippen molar-refractivity contribution in [1.29, 1.82) is 0 Å². The van der Waals surface area contributed by atoms with Crippen LogP contribution in [-0.4, -0.2) is 48.4 Å². The van der Waals surface area contributed by atoms with E-state index < -0.39 is 11.6 Å². The molecule has 1 atom stereocenters. The molecule has 0 aromatic heterocycles. The van der Waals surface area contributed by atoms with Crippen LogP contribution in [0.2, 0.25) is 0 Å². The maximum absolute atomic E-state index is 13.3. The van der Waals surface area contributed by atoms with Gasteiger partial charge >= 0.3 is 0 Å².